The highest BCUT2D eigenvalue weighted by Gasteiger charge is 2.29. The normalized spacial score (nSPS) is 13.2. The molecule has 28 heavy (non-hydrogen) atoms. The topological polar surface area (TPSA) is 125 Å². The average molecular weight is 384 g/mol. The molecule has 8 heteroatoms. The molecule has 1 atom stereocenters. The predicted molar refractivity (Wildman–Crippen MR) is 99.7 cm³/mol. The van der Waals surface area contributed by atoms with E-state index in [9.17, 15) is 14.4 Å². The highest BCUT2D eigenvalue weighted by molar-refractivity contribution is 5.83. The number of carbonyl (C=O) groups is 3. The molecule has 0 heterocycles. The summed E-state index contributed by atoms with van der Waals surface area (Å²) in [4.78, 5) is 34.0. The molecule has 2 amide bonds. The number of amides is 2. The van der Waals surface area contributed by atoms with Gasteiger partial charge in [0, 0.05) is 5.92 Å². The molecule has 1 aliphatic carbocycles. The Hall–Kier alpha value is -3.39. The second-order valence-corrected chi connectivity index (χ2v) is 6.34. The standard InChI is InChI=1S/C20H20N2O6/c23-17(19(25)26)9-21-18(24)10-22-20(27)28-11-16-14-7-3-1-5-12(14)13-6-2-4-8-15(13)16/h1-8,16-17,23H,9-11H2,(H,21,24)(H,22,27)(H,25,26)/t17-/m0/s1. The molecule has 2 aromatic carbocycles. The van der Waals surface area contributed by atoms with Crippen molar-refractivity contribution >= 4 is 18.0 Å². The van der Waals surface area contributed by atoms with Crippen LogP contribution in [-0.2, 0) is 14.3 Å². The van der Waals surface area contributed by atoms with E-state index in [-0.39, 0.29) is 19.1 Å². The van der Waals surface area contributed by atoms with Gasteiger partial charge in [0.25, 0.3) is 0 Å². The Morgan fingerprint density at radius 1 is 0.964 bits per heavy atom. The van der Waals surface area contributed by atoms with Gasteiger partial charge in [-0.05, 0) is 22.3 Å². The summed E-state index contributed by atoms with van der Waals surface area (Å²) in [5.74, 6) is -2.16. The maximum absolute atomic E-state index is 11.9. The number of aliphatic hydroxyl groups excluding tert-OH is 1. The highest BCUT2D eigenvalue weighted by atomic mass is 16.5. The molecular formula is C20H20N2O6. The zero-order chi connectivity index (χ0) is 20.1. The molecule has 0 unspecified atom stereocenters. The minimum atomic E-state index is -1.70. The molecule has 0 aliphatic heterocycles. The molecular weight excluding hydrogens is 364 g/mol. The van der Waals surface area contributed by atoms with Gasteiger partial charge in [0.2, 0.25) is 5.91 Å². The number of rotatable bonds is 7. The Bertz CT molecular complexity index is 852. The zero-order valence-corrected chi connectivity index (χ0v) is 14.9. The maximum Gasteiger partial charge on any atom is 0.407 e. The van der Waals surface area contributed by atoms with Crippen molar-refractivity contribution in [3.63, 3.8) is 0 Å². The summed E-state index contributed by atoms with van der Waals surface area (Å²) >= 11 is 0. The number of fused-ring (bicyclic) bond motifs is 3. The van der Waals surface area contributed by atoms with E-state index in [1.165, 1.54) is 0 Å². The largest absolute Gasteiger partial charge is 0.479 e. The lowest BCUT2D eigenvalue weighted by molar-refractivity contribution is -0.146. The van der Waals surface area contributed by atoms with Gasteiger partial charge in [-0.25, -0.2) is 9.59 Å². The van der Waals surface area contributed by atoms with Crippen molar-refractivity contribution in [1.29, 1.82) is 0 Å². The zero-order valence-electron chi connectivity index (χ0n) is 14.9. The third kappa shape index (κ3) is 4.29. The molecule has 2 aromatic rings. The lowest BCUT2D eigenvalue weighted by Crippen LogP contribution is -2.42. The lowest BCUT2D eigenvalue weighted by atomic mass is 9.98. The fraction of sp³-hybridized carbons (Fsp3) is 0.250. The van der Waals surface area contributed by atoms with Gasteiger partial charge in [-0.3, -0.25) is 4.79 Å². The van der Waals surface area contributed by atoms with Gasteiger partial charge < -0.3 is 25.6 Å². The Morgan fingerprint density at radius 2 is 1.54 bits per heavy atom. The summed E-state index contributed by atoms with van der Waals surface area (Å²) in [5, 5.41) is 22.1. The minimum absolute atomic E-state index is 0.0855. The lowest BCUT2D eigenvalue weighted by Gasteiger charge is -2.14. The van der Waals surface area contributed by atoms with Crippen LogP contribution in [0.5, 0.6) is 0 Å². The van der Waals surface area contributed by atoms with Crippen molar-refractivity contribution in [3.8, 4) is 11.1 Å². The van der Waals surface area contributed by atoms with E-state index in [2.05, 4.69) is 10.6 Å². The van der Waals surface area contributed by atoms with Crippen molar-refractivity contribution in [3.05, 3.63) is 59.7 Å². The van der Waals surface area contributed by atoms with Crippen LogP contribution in [0.3, 0.4) is 0 Å². The van der Waals surface area contributed by atoms with Crippen LogP contribution in [0.15, 0.2) is 48.5 Å². The van der Waals surface area contributed by atoms with Crippen LogP contribution in [0.2, 0.25) is 0 Å². The number of carboxylic acids is 1. The molecule has 146 valence electrons. The number of carbonyl (C=O) groups excluding carboxylic acids is 2. The van der Waals surface area contributed by atoms with Crippen molar-refractivity contribution in [1.82, 2.24) is 10.6 Å². The van der Waals surface area contributed by atoms with Crippen LogP contribution >= 0.6 is 0 Å². The summed E-state index contributed by atoms with van der Waals surface area (Å²) in [6.45, 7) is -0.706. The van der Waals surface area contributed by atoms with Crippen LogP contribution in [0.1, 0.15) is 17.0 Å². The van der Waals surface area contributed by atoms with Crippen LogP contribution < -0.4 is 10.6 Å². The summed E-state index contributed by atoms with van der Waals surface area (Å²) in [7, 11) is 0. The van der Waals surface area contributed by atoms with Crippen LogP contribution in [0.4, 0.5) is 4.79 Å². The fourth-order valence-corrected chi connectivity index (χ4v) is 3.16. The van der Waals surface area contributed by atoms with Crippen molar-refractivity contribution in [2.45, 2.75) is 12.0 Å². The summed E-state index contributed by atoms with van der Waals surface area (Å²) < 4.78 is 5.28. The molecule has 8 nitrogen and oxygen atoms in total. The number of ether oxygens (including phenoxy) is 1. The Morgan fingerprint density at radius 3 is 2.11 bits per heavy atom. The van der Waals surface area contributed by atoms with E-state index in [4.69, 9.17) is 14.9 Å². The van der Waals surface area contributed by atoms with Crippen molar-refractivity contribution in [2.75, 3.05) is 19.7 Å². The molecule has 0 radical (unpaired) electrons. The third-order valence-corrected chi connectivity index (χ3v) is 4.51. The van der Waals surface area contributed by atoms with Crippen LogP contribution in [0, 0.1) is 0 Å². The van der Waals surface area contributed by atoms with Gasteiger partial charge in [0.15, 0.2) is 6.10 Å². The first-order valence-electron chi connectivity index (χ1n) is 8.73. The van der Waals surface area contributed by atoms with Gasteiger partial charge in [0.1, 0.15) is 6.61 Å². The summed E-state index contributed by atoms with van der Waals surface area (Å²) in [6.07, 6.45) is -2.45. The first-order chi connectivity index (χ1) is 13.5. The smallest absolute Gasteiger partial charge is 0.407 e. The first kappa shape index (κ1) is 19.4. The Labute approximate surface area is 161 Å². The van der Waals surface area contributed by atoms with Crippen LogP contribution in [-0.4, -0.2) is 54.0 Å². The summed E-state index contributed by atoms with van der Waals surface area (Å²) in [6, 6.07) is 15.9. The van der Waals surface area contributed by atoms with Crippen LogP contribution in [0.25, 0.3) is 11.1 Å². The third-order valence-electron chi connectivity index (χ3n) is 4.51. The molecule has 1 aliphatic rings. The maximum atomic E-state index is 11.9. The van der Waals surface area contributed by atoms with E-state index < -0.39 is 30.6 Å². The number of nitrogens with one attached hydrogen (secondary N) is 2. The monoisotopic (exact) mass is 384 g/mol. The van der Waals surface area contributed by atoms with Gasteiger partial charge in [-0.15, -0.1) is 0 Å². The quantitative estimate of drug-likeness (QED) is 0.566. The molecule has 0 spiro atoms. The highest BCUT2D eigenvalue weighted by Crippen LogP contribution is 2.44. The molecule has 4 N–H and O–H groups in total. The van der Waals surface area contributed by atoms with Gasteiger partial charge in [-0.2, -0.15) is 0 Å². The van der Waals surface area contributed by atoms with Gasteiger partial charge >= 0.3 is 12.1 Å². The number of hydrogen-bond acceptors (Lipinski definition) is 5. The first-order valence-corrected chi connectivity index (χ1v) is 8.73. The molecule has 0 bridgehead atoms. The van der Waals surface area contributed by atoms with Crippen molar-refractivity contribution in [2.24, 2.45) is 0 Å². The number of aliphatic carboxylic acids is 1. The average Bonchev–Trinajstić information content (AvgIpc) is 3.02. The number of benzene rings is 2. The van der Waals surface area contributed by atoms with E-state index in [0.29, 0.717) is 0 Å². The number of hydrogen-bond donors (Lipinski definition) is 4. The molecule has 3 rings (SSSR count). The minimum Gasteiger partial charge on any atom is -0.479 e. The molecule has 0 fully saturated rings. The second-order valence-electron chi connectivity index (χ2n) is 6.34. The molecule has 0 saturated heterocycles. The number of aliphatic hydroxyl groups is 1. The Balaban J connectivity index is 1.51. The van der Waals surface area contributed by atoms with E-state index in [1.54, 1.807) is 0 Å². The Kier molecular flexibility index (Phi) is 5.90. The number of carboxylic acid groups (broad SMARTS) is 1. The van der Waals surface area contributed by atoms with E-state index >= 15 is 0 Å². The van der Waals surface area contributed by atoms with E-state index in [1.807, 2.05) is 48.5 Å². The van der Waals surface area contributed by atoms with Gasteiger partial charge in [0.05, 0.1) is 13.1 Å². The molecule has 0 saturated carbocycles. The van der Waals surface area contributed by atoms with Crippen molar-refractivity contribution < 1.29 is 29.3 Å². The fourth-order valence-electron chi connectivity index (χ4n) is 3.16. The summed E-state index contributed by atoms with van der Waals surface area (Å²) in [5.41, 5.74) is 4.39. The predicted octanol–water partition coefficient (Wildman–Crippen LogP) is 1.09. The van der Waals surface area contributed by atoms with Gasteiger partial charge in [-0.1, -0.05) is 48.5 Å². The SMILES string of the molecule is O=C(CNC(=O)OCC1c2ccccc2-c2ccccc21)NC[C@H](O)C(=O)O. The number of alkyl carbamates (subject to hydrolysis) is 1. The second kappa shape index (κ2) is 8.53. The molecule has 0 aromatic heterocycles. The van der Waals surface area contributed by atoms with E-state index in [0.717, 1.165) is 22.3 Å².